The lowest BCUT2D eigenvalue weighted by atomic mass is 9.75. The number of alkyl halides is 2. The van der Waals surface area contributed by atoms with Gasteiger partial charge in [0.1, 0.15) is 5.82 Å². The van der Waals surface area contributed by atoms with E-state index in [2.05, 4.69) is 4.98 Å². The summed E-state index contributed by atoms with van der Waals surface area (Å²) in [4.78, 5) is 3.62. The standard InChI is InChI=1S/C13H17BF3NO2/c1-12(2)13(3,4)20-14(19-12)11-8(5-10(16)17)6-18-7-9(11)15/h6-7,10H,5H2,1-4H3. The zero-order valence-electron chi connectivity index (χ0n) is 11.9. The van der Waals surface area contributed by atoms with Crippen molar-refractivity contribution in [2.75, 3.05) is 0 Å². The average Bonchev–Trinajstić information content (AvgIpc) is 2.46. The molecule has 1 saturated heterocycles. The summed E-state index contributed by atoms with van der Waals surface area (Å²) in [6.07, 6.45) is -0.949. The number of pyridine rings is 1. The molecule has 3 nitrogen and oxygen atoms in total. The molecule has 0 atom stereocenters. The second kappa shape index (κ2) is 5.04. The third kappa shape index (κ3) is 2.69. The van der Waals surface area contributed by atoms with E-state index in [0.717, 1.165) is 6.20 Å². The number of rotatable bonds is 3. The Balaban J connectivity index is 2.39. The summed E-state index contributed by atoms with van der Waals surface area (Å²) in [5, 5.41) is 0. The highest BCUT2D eigenvalue weighted by Gasteiger charge is 2.53. The van der Waals surface area contributed by atoms with Gasteiger partial charge in [0.2, 0.25) is 6.43 Å². The van der Waals surface area contributed by atoms with E-state index in [1.54, 1.807) is 0 Å². The second-order valence-electron chi connectivity index (χ2n) is 5.88. The van der Waals surface area contributed by atoms with Crippen LogP contribution in [0.2, 0.25) is 0 Å². The van der Waals surface area contributed by atoms with Crippen LogP contribution in [0.25, 0.3) is 0 Å². The summed E-state index contributed by atoms with van der Waals surface area (Å²) in [5.41, 5.74) is -1.19. The molecule has 0 spiro atoms. The van der Waals surface area contributed by atoms with E-state index in [9.17, 15) is 13.2 Å². The van der Waals surface area contributed by atoms with Gasteiger partial charge in [-0.2, -0.15) is 0 Å². The van der Waals surface area contributed by atoms with Gasteiger partial charge in [-0.15, -0.1) is 0 Å². The molecule has 2 rings (SSSR count). The van der Waals surface area contributed by atoms with Crippen molar-refractivity contribution >= 4 is 12.6 Å². The molecule has 110 valence electrons. The van der Waals surface area contributed by atoms with Crippen molar-refractivity contribution in [1.82, 2.24) is 4.98 Å². The third-order valence-electron chi connectivity index (χ3n) is 3.88. The summed E-state index contributed by atoms with van der Waals surface area (Å²) in [6.45, 7) is 7.27. The zero-order valence-corrected chi connectivity index (χ0v) is 11.9. The molecule has 2 heterocycles. The predicted octanol–water partition coefficient (Wildman–Crippen LogP) is 2.33. The van der Waals surface area contributed by atoms with E-state index >= 15 is 0 Å². The van der Waals surface area contributed by atoms with Gasteiger partial charge in [0.25, 0.3) is 0 Å². The number of nitrogens with zero attached hydrogens (tertiary/aromatic N) is 1. The number of hydrogen-bond donors (Lipinski definition) is 0. The van der Waals surface area contributed by atoms with Crippen LogP contribution in [0, 0.1) is 5.82 Å². The summed E-state index contributed by atoms with van der Waals surface area (Å²) in [7, 11) is -1.00. The quantitative estimate of drug-likeness (QED) is 0.800. The first-order valence-corrected chi connectivity index (χ1v) is 6.40. The summed E-state index contributed by atoms with van der Waals surface area (Å²) < 4.78 is 50.6. The van der Waals surface area contributed by atoms with E-state index in [-0.39, 0.29) is 11.0 Å². The van der Waals surface area contributed by atoms with Crippen LogP contribution in [0.1, 0.15) is 33.3 Å². The summed E-state index contributed by atoms with van der Waals surface area (Å²) in [5.74, 6) is -0.693. The Labute approximate surface area is 116 Å². The van der Waals surface area contributed by atoms with Gasteiger partial charge in [-0.25, -0.2) is 13.2 Å². The van der Waals surface area contributed by atoms with Crippen molar-refractivity contribution in [2.24, 2.45) is 0 Å². The van der Waals surface area contributed by atoms with E-state index in [1.807, 2.05) is 27.7 Å². The molecule has 1 aliphatic heterocycles. The van der Waals surface area contributed by atoms with Crippen molar-refractivity contribution in [3.63, 3.8) is 0 Å². The van der Waals surface area contributed by atoms with Gasteiger partial charge in [0.05, 0.1) is 17.4 Å². The number of hydrogen-bond acceptors (Lipinski definition) is 3. The van der Waals surface area contributed by atoms with Crippen LogP contribution in [0.15, 0.2) is 12.4 Å². The molecule has 0 N–H and O–H groups in total. The minimum absolute atomic E-state index is 0.0129. The van der Waals surface area contributed by atoms with E-state index in [0.29, 0.717) is 0 Å². The average molecular weight is 287 g/mol. The Morgan fingerprint density at radius 3 is 2.20 bits per heavy atom. The van der Waals surface area contributed by atoms with Crippen molar-refractivity contribution < 1.29 is 22.5 Å². The normalized spacial score (nSPS) is 20.7. The highest BCUT2D eigenvalue weighted by Crippen LogP contribution is 2.36. The molecule has 1 aliphatic rings. The number of aromatic nitrogens is 1. The van der Waals surface area contributed by atoms with E-state index in [1.165, 1.54) is 6.20 Å². The van der Waals surface area contributed by atoms with Crippen molar-refractivity contribution in [3.05, 3.63) is 23.8 Å². The molecular formula is C13H17BF3NO2. The van der Waals surface area contributed by atoms with Crippen LogP contribution in [0.4, 0.5) is 13.2 Å². The van der Waals surface area contributed by atoms with Crippen molar-refractivity contribution in [1.29, 1.82) is 0 Å². The molecule has 0 aliphatic carbocycles. The summed E-state index contributed by atoms with van der Waals surface area (Å²) >= 11 is 0. The van der Waals surface area contributed by atoms with Crippen LogP contribution in [0.3, 0.4) is 0 Å². The molecule has 7 heteroatoms. The lowest BCUT2D eigenvalue weighted by Crippen LogP contribution is -2.41. The molecule has 1 fully saturated rings. The molecule has 0 radical (unpaired) electrons. The Kier molecular flexibility index (Phi) is 3.86. The fourth-order valence-corrected chi connectivity index (χ4v) is 2.04. The molecule has 0 saturated carbocycles. The lowest BCUT2D eigenvalue weighted by molar-refractivity contribution is 0.00578. The van der Waals surface area contributed by atoms with Gasteiger partial charge < -0.3 is 9.31 Å². The maximum Gasteiger partial charge on any atom is 0.498 e. The fraction of sp³-hybridized carbons (Fsp3) is 0.615. The maximum absolute atomic E-state index is 14.0. The molecule has 1 aromatic heterocycles. The van der Waals surface area contributed by atoms with Gasteiger partial charge in [-0.3, -0.25) is 4.98 Å². The SMILES string of the molecule is CC1(C)OB(c2c(F)cncc2CC(F)F)OC1(C)C. The van der Waals surface area contributed by atoms with Crippen LogP contribution < -0.4 is 5.46 Å². The van der Waals surface area contributed by atoms with E-state index in [4.69, 9.17) is 9.31 Å². The topological polar surface area (TPSA) is 31.4 Å². The first-order chi connectivity index (χ1) is 9.14. The fourth-order valence-electron chi connectivity index (χ4n) is 2.04. The lowest BCUT2D eigenvalue weighted by Gasteiger charge is -2.32. The van der Waals surface area contributed by atoms with Crippen LogP contribution in [0.5, 0.6) is 0 Å². The van der Waals surface area contributed by atoms with Gasteiger partial charge >= 0.3 is 7.12 Å². The first-order valence-electron chi connectivity index (χ1n) is 6.40. The maximum atomic E-state index is 14.0. The Bertz CT molecular complexity index is 492. The van der Waals surface area contributed by atoms with Crippen molar-refractivity contribution in [3.8, 4) is 0 Å². The van der Waals surface area contributed by atoms with Gasteiger partial charge in [-0.1, -0.05) is 0 Å². The molecule has 0 amide bonds. The highest BCUT2D eigenvalue weighted by molar-refractivity contribution is 6.62. The molecule has 20 heavy (non-hydrogen) atoms. The van der Waals surface area contributed by atoms with Crippen LogP contribution in [-0.4, -0.2) is 29.7 Å². The summed E-state index contributed by atoms with van der Waals surface area (Å²) in [6, 6.07) is 0. The molecule has 0 aromatic carbocycles. The second-order valence-corrected chi connectivity index (χ2v) is 5.88. The van der Waals surface area contributed by atoms with Gasteiger partial charge in [-0.05, 0) is 33.3 Å². The predicted molar refractivity (Wildman–Crippen MR) is 69.6 cm³/mol. The van der Waals surface area contributed by atoms with Gasteiger partial charge in [0.15, 0.2) is 0 Å². The highest BCUT2D eigenvalue weighted by atomic mass is 19.3. The van der Waals surface area contributed by atoms with E-state index < -0.39 is 37.0 Å². The van der Waals surface area contributed by atoms with Crippen LogP contribution >= 0.6 is 0 Å². The minimum atomic E-state index is -2.58. The minimum Gasteiger partial charge on any atom is -0.399 e. The number of halogens is 3. The van der Waals surface area contributed by atoms with Crippen LogP contribution in [-0.2, 0) is 15.7 Å². The smallest absolute Gasteiger partial charge is 0.399 e. The molecule has 1 aromatic rings. The first kappa shape index (κ1) is 15.3. The zero-order chi connectivity index (χ0) is 15.1. The largest absolute Gasteiger partial charge is 0.498 e. The molecular weight excluding hydrogens is 270 g/mol. The van der Waals surface area contributed by atoms with Crippen molar-refractivity contribution in [2.45, 2.75) is 51.7 Å². The Morgan fingerprint density at radius 1 is 1.15 bits per heavy atom. The molecule has 0 bridgehead atoms. The monoisotopic (exact) mass is 287 g/mol. The van der Waals surface area contributed by atoms with Gasteiger partial charge in [0, 0.05) is 18.1 Å². The third-order valence-corrected chi connectivity index (χ3v) is 3.88. The Hall–Kier alpha value is -1.08. The Morgan fingerprint density at radius 2 is 1.70 bits per heavy atom. The molecule has 0 unspecified atom stereocenters.